The van der Waals surface area contributed by atoms with Crippen LogP contribution in [0.5, 0.6) is 5.75 Å². The number of ketones is 1. The van der Waals surface area contributed by atoms with Gasteiger partial charge in [0.2, 0.25) is 0 Å². The molecule has 0 saturated heterocycles. The maximum Gasteiger partial charge on any atom is 0.573 e. The van der Waals surface area contributed by atoms with Crippen LogP contribution in [0.15, 0.2) is 48.5 Å². The molecule has 3 nitrogen and oxygen atoms in total. The van der Waals surface area contributed by atoms with E-state index >= 15 is 0 Å². The van der Waals surface area contributed by atoms with Crippen molar-refractivity contribution in [3.05, 3.63) is 59.1 Å². The molecule has 0 aliphatic heterocycles. The zero-order valence-electron chi connectivity index (χ0n) is 13.4. The number of alkyl halides is 3. The predicted octanol–water partition coefficient (Wildman–Crippen LogP) is 5.70. The van der Waals surface area contributed by atoms with E-state index in [-0.39, 0.29) is 11.3 Å². The minimum absolute atomic E-state index is 0.154. The van der Waals surface area contributed by atoms with Crippen LogP contribution in [-0.4, -0.2) is 18.2 Å². The van der Waals surface area contributed by atoms with Gasteiger partial charge in [0.1, 0.15) is 5.75 Å². The number of carbonyl (C=O) groups excluding carboxylic acids is 1. The molecule has 0 aliphatic rings. The van der Waals surface area contributed by atoms with Crippen molar-refractivity contribution < 1.29 is 22.7 Å². The molecule has 0 aromatic heterocycles. The number of ether oxygens (including phenoxy) is 1. The van der Waals surface area contributed by atoms with Gasteiger partial charge in [-0.15, -0.1) is 13.2 Å². The third-order valence-corrected chi connectivity index (χ3v) is 3.68. The van der Waals surface area contributed by atoms with E-state index in [0.29, 0.717) is 17.1 Å². The van der Waals surface area contributed by atoms with Crippen molar-refractivity contribution in [1.29, 1.82) is 0 Å². The second-order valence-corrected chi connectivity index (χ2v) is 5.87. The number of benzene rings is 2. The van der Waals surface area contributed by atoms with Crippen LogP contribution in [0.1, 0.15) is 30.1 Å². The Balaban J connectivity index is 2.19. The highest BCUT2D eigenvalue weighted by molar-refractivity contribution is 6.30. The van der Waals surface area contributed by atoms with Crippen LogP contribution in [0, 0.1) is 0 Å². The molecule has 1 N–H and O–H groups in total. The van der Waals surface area contributed by atoms with Gasteiger partial charge in [-0.25, -0.2) is 0 Å². The van der Waals surface area contributed by atoms with Gasteiger partial charge in [-0.1, -0.05) is 37.1 Å². The SMILES string of the molecule is CCCC(Nc1ccc(Cl)cc1)C(=O)c1cccc(OC(F)(F)F)c1. The monoisotopic (exact) mass is 371 g/mol. The third kappa shape index (κ3) is 5.98. The van der Waals surface area contributed by atoms with E-state index in [9.17, 15) is 18.0 Å². The maximum absolute atomic E-state index is 12.7. The molecule has 0 radical (unpaired) electrons. The first-order valence-electron chi connectivity index (χ1n) is 7.70. The van der Waals surface area contributed by atoms with Crippen LogP contribution in [0.4, 0.5) is 18.9 Å². The lowest BCUT2D eigenvalue weighted by atomic mass is 10.00. The summed E-state index contributed by atoms with van der Waals surface area (Å²) in [7, 11) is 0. The van der Waals surface area contributed by atoms with Gasteiger partial charge in [0, 0.05) is 16.3 Å². The van der Waals surface area contributed by atoms with Crippen molar-refractivity contribution in [1.82, 2.24) is 0 Å². The lowest BCUT2D eigenvalue weighted by Gasteiger charge is -2.19. The highest BCUT2D eigenvalue weighted by Crippen LogP contribution is 2.25. The summed E-state index contributed by atoms with van der Waals surface area (Å²) >= 11 is 5.84. The molecule has 0 aliphatic carbocycles. The Labute approximate surface area is 148 Å². The lowest BCUT2D eigenvalue weighted by Crippen LogP contribution is -2.29. The van der Waals surface area contributed by atoms with E-state index in [1.165, 1.54) is 12.1 Å². The summed E-state index contributed by atoms with van der Waals surface area (Å²) in [6, 6.07) is 11.4. The number of hydrogen-bond donors (Lipinski definition) is 1. The molecule has 25 heavy (non-hydrogen) atoms. The van der Waals surface area contributed by atoms with Crippen LogP contribution in [0.3, 0.4) is 0 Å². The number of nitrogens with one attached hydrogen (secondary N) is 1. The predicted molar refractivity (Wildman–Crippen MR) is 91.2 cm³/mol. The molecule has 2 rings (SSSR count). The topological polar surface area (TPSA) is 38.3 Å². The first-order valence-corrected chi connectivity index (χ1v) is 8.08. The normalized spacial score (nSPS) is 12.5. The minimum Gasteiger partial charge on any atom is -0.406 e. The second-order valence-electron chi connectivity index (χ2n) is 5.43. The molecular weight excluding hydrogens is 355 g/mol. The zero-order valence-corrected chi connectivity index (χ0v) is 14.2. The number of hydrogen-bond acceptors (Lipinski definition) is 3. The van der Waals surface area contributed by atoms with Gasteiger partial charge in [-0.05, 0) is 42.8 Å². The molecule has 0 fully saturated rings. The quantitative estimate of drug-likeness (QED) is 0.634. The average Bonchev–Trinajstić information content (AvgIpc) is 2.54. The zero-order chi connectivity index (χ0) is 18.4. The minimum atomic E-state index is -4.80. The van der Waals surface area contributed by atoms with Crippen molar-refractivity contribution in [2.75, 3.05) is 5.32 Å². The van der Waals surface area contributed by atoms with Crippen molar-refractivity contribution in [3.63, 3.8) is 0 Å². The van der Waals surface area contributed by atoms with Crippen molar-refractivity contribution in [2.24, 2.45) is 0 Å². The summed E-state index contributed by atoms with van der Waals surface area (Å²) < 4.78 is 40.9. The molecule has 0 amide bonds. The van der Waals surface area contributed by atoms with Crippen LogP contribution in [0.2, 0.25) is 5.02 Å². The molecule has 7 heteroatoms. The molecule has 2 aromatic carbocycles. The number of carbonyl (C=O) groups is 1. The largest absolute Gasteiger partial charge is 0.573 e. The summed E-state index contributed by atoms with van der Waals surface area (Å²) in [5, 5.41) is 3.67. The first-order chi connectivity index (χ1) is 11.8. The van der Waals surface area contributed by atoms with Gasteiger partial charge >= 0.3 is 6.36 Å². The summed E-state index contributed by atoms with van der Waals surface area (Å²) in [5.74, 6) is -0.718. The molecule has 134 valence electrons. The van der Waals surface area contributed by atoms with E-state index in [1.54, 1.807) is 24.3 Å². The maximum atomic E-state index is 12.7. The van der Waals surface area contributed by atoms with Crippen LogP contribution >= 0.6 is 11.6 Å². The number of Topliss-reactive ketones (excluding diaryl/α,β-unsaturated/α-hetero) is 1. The van der Waals surface area contributed by atoms with Crippen LogP contribution < -0.4 is 10.1 Å². The number of anilines is 1. The Hall–Kier alpha value is -2.21. The van der Waals surface area contributed by atoms with Crippen molar-refractivity contribution in [3.8, 4) is 5.75 Å². The van der Waals surface area contributed by atoms with Gasteiger partial charge in [0.05, 0.1) is 6.04 Å². The van der Waals surface area contributed by atoms with Gasteiger partial charge in [-0.3, -0.25) is 4.79 Å². The van der Waals surface area contributed by atoms with Gasteiger partial charge in [-0.2, -0.15) is 0 Å². The fourth-order valence-electron chi connectivity index (χ4n) is 2.35. The summed E-state index contributed by atoms with van der Waals surface area (Å²) in [6.07, 6.45) is -3.53. The summed E-state index contributed by atoms with van der Waals surface area (Å²) in [4.78, 5) is 12.7. The summed E-state index contributed by atoms with van der Waals surface area (Å²) in [5.41, 5.74) is 0.862. The number of halogens is 4. The summed E-state index contributed by atoms with van der Waals surface area (Å²) in [6.45, 7) is 1.92. The highest BCUT2D eigenvalue weighted by Gasteiger charge is 2.31. The second kappa shape index (κ2) is 8.25. The Bertz CT molecular complexity index is 717. The third-order valence-electron chi connectivity index (χ3n) is 3.43. The van der Waals surface area contributed by atoms with E-state index in [2.05, 4.69) is 10.1 Å². The number of rotatable bonds is 7. The van der Waals surface area contributed by atoms with E-state index in [4.69, 9.17) is 11.6 Å². The Morgan fingerprint density at radius 1 is 1.20 bits per heavy atom. The lowest BCUT2D eigenvalue weighted by molar-refractivity contribution is -0.274. The Morgan fingerprint density at radius 2 is 1.88 bits per heavy atom. The Kier molecular flexibility index (Phi) is 6.31. The van der Waals surface area contributed by atoms with E-state index < -0.39 is 18.2 Å². The van der Waals surface area contributed by atoms with Gasteiger partial charge < -0.3 is 10.1 Å². The fraction of sp³-hybridized carbons (Fsp3) is 0.278. The smallest absolute Gasteiger partial charge is 0.406 e. The molecule has 1 unspecified atom stereocenters. The molecular formula is C18H17ClF3NO2. The molecule has 0 bridgehead atoms. The molecule has 0 heterocycles. The van der Waals surface area contributed by atoms with Gasteiger partial charge in [0.15, 0.2) is 5.78 Å². The fourth-order valence-corrected chi connectivity index (χ4v) is 2.48. The van der Waals surface area contributed by atoms with Crippen molar-refractivity contribution >= 4 is 23.1 Å². The van der Waals surface area contributed by atoms with E-state index in [1.807, 2.05) is 6.92 Å². The standard InChI is InChI=1S/C18H17ClF3NO2/c1-2-4-16(23-14-9-7-13(19)8-10-14)17(24)12-5-3-6-15(11-12)25-18(20,21)22/h3,5-11,16,23H,2,4H2,1H3. The average molecular weight is 372 g/mol. The van der Waals surface area contributed by atoms with E-state index in [0.717, 1.165) is 18.6 Å². The Morgan fingerprint density at radius 3 is 2.48 bits per heavy atom. The molecule has 0 saturated carbocycles. The van der Waals surface area contributed by atoms with Gasteiger partial charge in [0.25, 0.3) is 0 Å². The van der Waals surface area contributed by atoms with Crippen molar-refractivity contribution in [2.45, 2.75) is 32.2 Å². The van der Waals surface area contributed by atoms with Crippen LogP contribution in [0.25, 0.3) is 0 Å². The van der Waals surface area contributed by atoms with Crippen LogP contribution in [-0.2, 0) is 0 Å². The molecule has 2 aromatic rings. The highest BCUT2D eigenvalue weighted by atomic mass is 35.5. The molecule has 1 atom stereocenters. The molecule has 0 spiro atoms. The first kappa shape index (κ1) is 19.1.